The maximum atomic E-state index is 14.9. The molecule has 5 nitrogen and oxygen atoms in total. The smallest absolute Gasteiger partial charge is 0.258 e. The minimum atomic E-state index is -0.336. The average Bonchev–Trinajstić information content (AvgIpc) is 2.68. The summed E-state index contributed by atoms with van der Waals surface area (Å²) >= 11 is 0. The molecule has 1 aromatic heterocycles. The number of anilines is 1. The summed E-state index contributed by atoms with van der Waals surface area (Å²) in [7, 11) is 0. The van der Waals surface area contributed by atoms with E-state index < -0.39 is 0 Å². The molecular formula is C24H26FN3O2. The van der Waals surface area contributed by atoms with Gasteiger partial charge in [0.1, 0.15) is 23.5 Å². The van der Waals surface area contributed by atoms with E-state index in [1.807, 2.05) is 36.1 Å². The highest BCUT2D eigenvalue weighted by molar-refractivity contribution is 5.53. The zero-order valence-corrected chi connectivity index (χ0v) is 17.6. The predicted molar refractivity (Wildman–Crippen MR) is 116 cm³/mol. The van der Waals surface area contributed by atoms with Gasteiger partial charge in [-0.05, 0) is 50.6 Å². The van der Waals surface area contributed by atoms with Crippen LogP contribution in [0.3, 0.4) is 0 Å². The van der Waals surface area contributed by atoms with Crippen molar-refractivity contribution >= 4 is 5.69 Å². The van der Waals surface area contributed by atoms with Crippen molar-refractivity contribution < 1.29 is 9.13 Å². The fourth-order valence-corrected chi connectivity index (χ4v) is 4.04. The quantitative estimate of drug-likeness (QED) is 0.645. The molecule has 1 aliphatic heterocycles. The van der Waals surface area contributed by atoms with Crippen LogP contribution in [0.4, 0.5) is 10.1 Å². The number of ether oxygens (including phenoxy) is 1. The number of halogens is 1. The van der Waals surface area contributed by atoms with Crippen molar-refractivity contribution in [2.75, 3.05) is 18.0 Å². The number of aryl methyl sites for hydroxylation is 3. The first-order valence-electron chi connectivity index (χ1n) is 10.3. The molecule has 0 saturated carbocycles. The zero-order chi connectivity index (χ0) is 21.3. The molecule has 0 N–H and O–H groups in total. The lowest BCUT2D eigenvalue weighted by Crippen LogP contribution is -2.38. The van der Waals surface area contributed by atoms with Crippen molar-refractivity contribution in [3.05, 3.63) is 81.8 Å². The molecule has 1 saturated heterocycles. The topological polar surface area (TPSA) is 47.4 Å². The Balaban J connectivity index is 1.47. The molecule has 2 aromatic carbocycles. The van der Waals surface area contributed by atoms with Crippen LogP contribution in [0.2, 0.25) is 0 Å². The lowest BCUT2D eigenvalue weighted by atomic mass is 10.1. The Bertz CT molecular complexity index is 1120. The van der Waals surface area contributed by atoms with Crippen LogP contribution in [0, 0.1) is 26.6 Å². The number of piperidine rings is 1. The number of benzene rings is 2. The molecule has 0 amide bonds. The Morgan fingerprint density at radius 2 is 1.80 bits per heavy atom. The molecule has 4 rings (SSSR count). The van der Waals surface area contributed by atoms with Gasteiger partial charge in [0.05, 0.1) is 11.4 Å². The Labute approximate surface area is 175 Å². The molecule has 1 fully saturated rings. The van der Waals surface area contributed by atoms with E-state index in [1.165, 1.54) is 22.3 Å². The third kappa shape index (κ3) is 4.22. The van der Waals surface area contributed by atoms with Crippen LogP contribution < -0.4 is 15.2 Å². The number of hydrogen-bond donors (Lipinski definition) is 0. The molecule has 1 aliphatic rings. The molecule has 6 heteroatoms. The second-order valence-electron chi connectivity index (χ2n) is 7.87. The average molecular weight is 407 g/mol. The van der Waals surface area contributed by atoms with Crippen LogP contribution in [-0.2, 0) is 0 Å². The lowest BCUT2D eigenvalue weighted by molar-refractivity contribution is 0.170. The summed E-state index contributed by atoms with van der Waals surface area (Å²) in [5.41, 5.74) is 2.66. The SMILES string of the molecule is Cc1cccc(OC2CCN(c3ccc(-n4c(C)nc(C)cc4=O)cc3F)CC2)c1. The number of rotatable bonds is 4. The Hall–Kier alpha value is -3.15. The van der Waals surface area contributed by atoms with Gasteiger partial charge in [0.2, 0.25) is 0 Å². The third-order valence-electron chi connectivity index (χ3n) is 5.48. The van der Waals surface area contributed by atoms with E-state index in [2.05, 4.69) is 4.98 Å². The zero-order valence-electron chi connectivity index (χ0n) is 17.6. The summed E-state index contributed by atoms with van der Waals surface area (Å²) in [4.78, 5) is 18.7. The normalized spacial score (nSPS) is 14.7. The predicted octanol–water partition coefficient (Wildman–Crippen LogP) is 4.34. The summed E-state index contributed by atoms with van der Waals surface area (Å²) in [5.74, 6) is 1.09. The standard InChI is InChI=1S/C24H26FN3O2/c1-16-5-4-6-21(13-16)30-20-9-11-27(12-10-20)23-8-7-19(15-22(23)25)28-18(3)26-17(2)14-24(28)29/h4-8,13-15,20H,9-12H2,1-3H3. The first kappa shape index (κ1) is 20.1. The van der Waals surface area contributed by atoms with Gasteiger partial charge in [0.15, 0.2) is 0 Å². The van der Waals surface area contributed by atoms with Crippen molar-refractivity contribution in [2.24, 2.45) is 0 Å². The highest BCUT2D eigenvalue weighted by atomic mass is 19.1. The molecule has 0 bridgehead atoms. The van der Waals surface area contributed by atoms with Gasteiger partial charge in [-0.3, -0.25) is 9.36 Å². The molecule has 2 heterocycles. The van der Waals surface area contributed by atoms with Crippen molar-refractivity contribution in [2.45, 2.75) is 39.7 Å². The van der Waals surface area contributed by atoms with Gasteiger partial charge in [0.25, 0.3) is 5.56 Å². The first-order chi connectivity index (χ1) is 14.4. The molecule has 156 valence electrons. The second kappa shape index (κ2) is 8.30. The highest BCUT2D eigenvalue weighted by Crippen LogP contribution is 2.27. The maximum absolute atomic E-state index is 14.9. The molecule has 0 atom stereocenters. The molecule has 0 unspecified atom stereocenters. The van der Waals surface area contributed by atoms with Crippen LogP contribution in [0.5, 0.6) is 5.75 Å². The van der Waals surface area contributed by atoms with E-state index in [4.69, 9.17) is 4.74 Å². The largest absolute Gasteiger partial charge is 0.490 e. The van der Waals surface area contributed by atoms with Gasteiger partial charge in [-0.25, -0.2) is 9.37 Å². The van der Waals surface area contributed by atoms with Crippen LogP contribution in [0.1, 0.15) is 29.9 Å². The van der Waals surface area contributed by atoms with E-state index in [0.717, 1.165) is 31.7 Å². The van der Waals surface area contributed by atoms with Crippen molar-refractivity contribution in [1.29, 1.82) is 0 Å². The van der Waals surface area contributed by atoms with Gasteiger partial charge in [-0.15, -0.1) is 0 Å². The van der Waals surface area contributed by atoms with E-state index >= 15 is 0 Å². The number of hydrogen-bond acceptors (Lipinski definition) is 4. The first-order valence-corrected chi connectivity index (χ1v) is 10.3. The highest BCUT2D eigenvalue weighted by Gasteiger charge is 2.23. The van der Waals surface area contributed by atoms with Gasteiger partial charge >= 0.3 is 0 Å². The molecule has 0 radical (unpaired) electrons. The summed E-state index contributed by atoms with van der Waals surface area (Å²) in [6, 6.07) is 14.4. The van der Waals surface area contributed by atoms with Crippen molar-refractivity contribution in [3.63, 3.8) is 0 Å². The Kier molecular flexibility index (Phi) is 5.57. The molecule has 30 heavy (non-hydrogen) atoms. The maximum Gasteiger partial charge on any atom is 0.258 e. The molecule has 0 spiro atoms. The number of aromatic nitrogens is 2. The van der Waals surface area contributed by atoms with Gasteiger partial charge in [-0.1, -0.05) is 12.1 Å². The van der Waals surface area contributed by atoms with Gasteiger partial charge < -0.3 is 9.64 Å². The van der Waals surface area contributed by atoms with Crippen LogP contribution in [-0.4, -0.2) is 28.7 Å². The minimum absolute atomic E-state index is 0.130. The van der Waals surface area contributed by atoms with Crippen molar-refractivity contribution in [3.8, 4) is 11.4 Å². The summed E-state index contributed by atoms with van der Waals surface area (Å²) in [6.07, 6.45) is 1.79. The Morgan fingerprint density at radius 3 is 2.47 bits per heavy atom. The van der Waals surface area contributed by atoms with E-state index in [9.17, 15) is 9.18 Å². The number of nitrogens with zero attached hydrogens (tertiary/aromatic N) is 3. The summed E-state index contributed by atoms with van der Waals surface area (Å²) in [5, 5.41) is 0. The fraction of sp³-hybridized carbons (Fsp3) is 0.333. The molecular weight excluding hydrogens is 381 g/mol. The van der Waals surface area contributed by atoms with Gasteiger partial charge in [0, 0.05) is 43.8 Å². The second-order valence-corrected chi connectivity index (χ2v) is 7.87. The lowest BCUT2D eigenvalue weighted by Gasteiger charge is -2.34. The van der Waals surface area contributed by atoms with E-state index in [-0.39, 0.29) is 17.5 Å². The van der Waals surface area contributed by atoms with Crippen LogP contribution >= 0.6 is 0 Å². The molecule has 0 aliphatic carbocycles. The minimum Gasteiger partial charge on any atom is -0.490 e. The van der Waals surface area contributed by atoms with Crippen LogP contribution in [0.25, 0.3) is 5.69 Å². The third-order valence-corrected chi connectivity index (χ3v) is 5.48. The molecule has 3 aromatic rings. The van der Waals surface area contributed by atoms with E-state index in [1.54, 1.807) is 26.0 Å². The van der Waals surface area contributed by atoms with Gasteiger partial charge in [-0.2, -0.15) is 0 Å². The summed E-state index contributed by atoms with van der Waals surface area (Å²) < 4.78 is 22.5. The fourth-order valence-electron chi connectivity index (χ4n) is 4.04. The monoisotopic (exact) mass is 407 g/mol. The van der Waals surface area contributed by atoms with Crippen molar-refractivity contribution in [1.82, 2.24) is 9.55 Å². The summed E-state index contributed by atoms with van der Waals surface area (Å²) in [6.45, 7) is 7.01. The Morgan fingerprint density at radius 1 is 1.03 bits per heavy atom. The van der Waals surface area contributed by atoms with E-state index in [0.29, 0.717) is 22.9 Å². The van der Waals surface area contributed by atoms with Crippen LogP contribution in [0.15, 0.2) is 53.3 Å².